The third kappa shape index (κ3) is 4.42. The lowest BCUT2D eigenvalue weighted by molar-refractivity contribution is -0.146. The fourth-order valence-electron chi connectivity index (χ4n) is 2.69. The van der Waals surface area contributed by atoms with E-state index in [2.05, 4.69) is 10.6 Å². The van der Waals surface area contributed by atoms with E-state index in [0.717, 1.165) is 5.57 Å². The van der Waals surface area contributed by atoms with Crippen molar-refractivity contribution in [2.24, 2.45) is 11.8 Å². The molecule has 0 bridgehead atoms. The molecule has 2 unspecified atom stereocenters. The van der Waals surface area contributed by atoms with Crippen molar-refractivity contribution < 1.29 is 19.5 Å². The van der Waals surface area contributed by atoms with Gasteiger partial charge in [-0.2, -0.15) is 0 Å². The number of carboxylic acid groups (broad SMARTS) is 1. The quantitative estimate of drug-likeness (QED) is 0.744. The monoisotopic (exact) mass is 316 g/mol. The molecule has 3 N–H and O–H groups in total. The van der Waals surface area contributed by atoms with Crippen LogP contribution in [0, 0.1) is 11.8 Å². The lowest BCUT2D eigenvalue weighted by atomic mass is 9.79. The molecule has 2 atom stereocenters. The summed E-state index contributed by atoms with van der Waals surface area (Å²) in [5.41, 5.74) is 2.24. The number of carbonyl (C=O) groups is 3. The van der Waals surface area contributed by atoms with Crippen LogP contribution in [0.2, 0.25) is 0 Å². The fraction of sp³-hybridized carbons (Fsp3) is 0.353. The Morgan fingerprint density at radius 3 is 2.13 bits per heavy atom. The van der Waals surface area contributed by atoms with Gasteiger partial charge in [-0.05, 0) is 44.0 Å². The van der Waals surface area contributed by atoms with Crippen molar-refractivity contribution >= 4 is 29.2 Å². The third-order valence-corrected chi connectivity index (χ3v) is 3.87. The molecule has 122 valence electrons. The maximum absolute atomic E-state index is 12.4. The highest BCUT2D eigenvalue weighted by Gasteiger charge is 2.35. The van der Waals surface area contributed by atoms with E-state index in [-0.39, 0.29) is 11.8 Å². The maximum Gasteiger partial charge on any atom is 0.307 e. The first-order valence-corrected chi connectivity index (χ1v) is 7.44. The van der Waals surface area contributed by atoms with Gasteiger partial charge in [0.25, 0.3) is 0 Å². The minimum absolute atomic E-state index is 0.171. The van der Waals surface area contributed by atoms with Crippen LogP contribution in [0.3, 0.4) is 0 Å². The van der Waals surface area contributed by atoms with Crippen molar-refractivity contribution in [3.63, 3.8) is 0 Å². The zero-order chi connectivity index (χ0) is 17.0. The standard InChI is InChI=1S/C17H20N2O4/c1-10-3-8-14(17(22)23)15(9-10)16(21)19-13-6-4-12(5-7-13)18-11(2)20/h3-7,14-15H,8-9H2,1-2H3,(H,18,20)(H,19,21)(H,22,23). The van der Waals surface area contributed by atoms with Crippen LogP contribution in [0.25, 0.3) is 0 Å². The Labute approximate surface area is 134 Å². The average molecular weight is 316 g/mol. The molecule has 0 spiro atoms. The second-order valence-electron chi connectivity index (χ2n) is 5.79. The zero-order valence-electron chi connectivity index (χ0n) is 13.1. The average Bonchev–Trinajstić information content (AvgIpc) is 2.48. The van der Waals surface area contributed by atoms with Crippen molar-refractivity contribution in [3.8, 4) is 0 Å². The second-order valence-corrected chi connectivity index (χ2v) is 5.79. The lowest BCUT2D eigenvalue weighted by Crippen LogP contribution is -2.35. The van der Waals surface area contributed by atoms with Gasteiger partial charge in [-0.15, -0.1) is 0 Å². The molecular formula is C17H20N2O4. The smallest absolute Gasteiger partial charge is 0.307 e. The topological polar surface area (TPSA) is 95.5 Å². The number of hydrogen-bond donors (Lipinski definition) is 3. The first-order valence-electron chi connectivity index (χ1n) is 7.44. The van der Waals surface area contributed by atoms with Gasteiger partial charge < -0.3 is 15.7 Å². The van der Waals surface area contributed by atoms with E-state index in [1.807, 2.05) is 13.0 Å². The summed E-state index contributed by atoms with van der Waals surface area (Å²) in [6.07, 6.45) is 2.71. The molecule has 1 aliphatic carbocycles. The highest BCUT2D eigenvalue weighted by Crippen LogP contribution is 2.31. The Kier molecular flexibility index (Phi) is 5.16. The summed E-state index contributed by atoms with van der Waals surface area (Å²) in [6.45, 7) is 3.32. The van der Waals surface area contributed by atoms with Crippen LogP contribution in [0.4, 0.5) is 11.4 Å². The van der Waals surface area contributed by atoms with Crippen molar-refractivity contribution in [1.82, 2.24) is 0 Å². The van der Waals surface area contributed by atoms with Gasteiger partial charge in [0.15, 0.2) is 0 Å². The van der Waals surface area contributed by atoms with E-state index < -0.39 is 17.8 Å². The van der Waals surface area contributed by atoms with E-state index in [9.17, 15) is 19.5 Å². The molecule has 6 heteroatoms. The minimum Gasteiger partial charge on any atom is -0.481 e. The molecule has 0 saturated heterocycles. The Morgan fingerprint density at radius 1 is 1.04 bits per heavy atom. The number of aliphatic carboxylic acids is 1. The minimum atomic E-state index is -0.949. The number of benzene rings is 1. The third-order valence-electron chi connectivity index (χ3n) is 3.87. The molecule has 23 heavy (non-hydrogen) atoms. The Morgan fingerprint density at radius 2 is 1.61 bits per heavy atom. The molecule has 0 fully saturated rings. The summed E-state index contributed by atoms with van der Waals surface area (Å²) < 4.78 is 0. The molecule has 2 rings (SSSR count). The molecule has 2 amide bonds. The van der Waals surface area contributed by atoms with E-state index in [1.165, 1.54) is 6.92 Å². The molecule has 0 saturated carbocycles. The number of amides is 2. The van der Waals surface area contributed by atoms with Crippen LogP contribution in [0.1, 0.15) is 26.7 Å². The molecule has 0 aliphatic heterocycles. The zero-order valence-corrected chi connectivity index (χ0v) is 13.1. The summed E-state index contributed by atoms with van der Waals surface area (Å²) in [6, 6.07) is 6.70. The lowest BCUT2D eigenvalue weighted by Gasteiger charge is -2.26. The normalized spacial score (nSPS) is 20.3. The first kappa shape index (κ1) is 16.7. The molecular weight excluding hydrogens is 296 g/mol. The highest BCUT2D eigenvalue weighted by atomic mass is 16.4. The number of rotatable bonds is 4. The number of hydrogen-bond acceptors (Lipinski definition) is 3. The van der Waals surface area contributed by atoms with Gasteiger partial charge in [0.05, 0.1) is 11.8 Å². The van der Waals surface area contributed by atoms with Gasteiger partial charge in [0.2, 0.25) is 11.8 Å². The predicted molar refractivity (Wildman–Crippen MR) is 87.0 cm³/mol. The molecule has 0 aromatic heterocycles. The number of carboxylic acids is 1. The summed E-state index contributed by atoms with van der Waals surface area (Å²) in [4.78, 5) is 34.7. The van der Waals surface area contributed by atoms with Crippen LogP contribution in [-0.2, 0) is 14.4 Å². The molecule has 1 aromatic rings. The maximum atomic E-state index is 12.4. The number of anilines is 2. The van der Waals surface area contributed by atoms with Crippen LogP contribution in [0.5, 0.6) is 0 Å². The number of nitrogens with one attached hydrogen (secondary N) is 2. The summed E-state index contributed by atoms with van der Waals surface area (Å²) in [7, 11) is 0. The van der Waals surface area contributed by atoms with Crippen molar-refractivity contribution in [1.29, 1.82) is 0 Å². The number of allylic oxidation sites excluding steroid dienone is 2. The Hall–Kier alpha value is -2.63. The summed E-state index contributed by atoms with van der Waals surface area (Å²) in [5.74, 6) is -2.69. The van der Waals surface area contributed by atoms with Crippen molar-refractivity contribution in [2.45, 2.75) is 26.7 Å². The van der Waals surface area contributed by atoms with Crippen LogP contribution >= 0.6 is 0 Å². The van der Waals surface area contributed by atoms with Crippen molar-refractivity contribution in [2.75, 3.05) is 10.6 Å². The molecule has 0 heterocycles. The van der Waals surface area contributed by atoms with E-state index in [0.29, 0.717) is 24.2 Å². The van der Waals surface area contributed by atoms with Gasteiger partial charge in [0.1, 0.15) is 0 Å². The van der Waals surface area contributed by atoms with E-state index in [4.69, 9.17) is 0 Å². The molecule has 1 aromatic carbocycles. The van der Waals surface area contributed by atoms with Gasteiger partial charge in [-0.1, -0.05) is 11.6 Å². The van der Waals surface area contributed by atoms with Crippen molar-refractivity contribution in [3.05, 3.63) is 35.9 Å². The van der Waals surface area contributed by atoms with E-state index in [1.54, 1.807) is 24.3 Å². The van der Waals surface area contributed by atoms with Crippen LogP contribution in [0.15, 0.2) is 35.9 Å². The molecule has 1 aliphatic rings. The van der Waals surface area contributed by atoms with Gasteiger partial charge in [-0.3, -0.25) is 14.4 Å². The van der Waals surface area contributed by atoms with Crippen LogP contribution in [-0.4, -0.2) is 22.9 Å². The van der Waals surface area contributed by atoms with Gasteiger partial charge >= 0.3 is 5.97 Å². The number of carbonyl (C=O) groups excluding carboxylic acids is 2. The molecule has 0 radical (unpaired) electrons. The predicted octanol–water partition coefficient (Wildman–Crippen LogP) is 2.64. The first-order chi connectivity index (χ1) is 10.9. The van der Waals surface area contributed by atoms with E-state index >= 15 is 0 Å². The largest absolute Gasteiger partial charge is 0.481 e. The van der Waals surface area contributed by atoms with Gasteiger partial charge in [-0.25, -0.2) is 0 Å². The SMILES string of the molecule is CC(=O)Nc1ccc(NC(=O)C2CC(C)=CCC2C(=O)O)cc1. The Balaban J connectivity index is 2.06. The summed E-state index contributed by atoms with van der Waals surface area (Å²) in [5, 5.41) is 14.7. The second kappa shape index (κ2) is 7.09. The summed E-state index contributed by atoms with van der Waals surface area (Å²) >= 11 is 0. The molecule has 6 nitrogen and oxygen atoms in total. The van der Waals surface area contributed by atoms with Crippen LogP contribution < -0.4 is 10.6 Å². The Bertz CT molecular complexity index is 649. The van der Waals surface area contributed by atoms with Gasteiger partial charge in [0, 0.05) is 18.3 Å². The highest BCUT2D eigenvalue weighted by molar-refractivity contribution is 5.96. The fourth-order valence-corrected chi connectivity index (χ4v) is 2.69.